The molecule has 0 aromatic carbocycles. The first-order chi connectivity index (χ1) is 8.48. The van der Waals surface area contributed by atoms with Gasteiger partial charge in [0.05, 0.1) is 0 Å². The molecule has 0 atom stereocenters. The van der Waals surface area contributed by atoms with Gasteiger partial charge in [0.15, 0.2) is 0 Å². The minimum atomic E-state index is 0.0654. The van der Waals surface area contributed by atoms with E-state index in [0.29, 0.717) is 5.95 Å². The summed E-state index contributed by atoms with van der Waals surface area (Å²) >= 11 is 0. The summed E-state index contributed by atoms with van der Waals surface area (Å²) in [6.07, 6.45) is 5.22. The van der Waals surface area contributed by atoms with Crippen LogP contribution in [0, 0.1) is 6.92 Å². The van der Waals surface area contributed by atoms with E-state index in [1.165, 1.54) is 0 Å². The Bertz CT molecular complexity index is 374. The number of hydrogen-bond donors (Lipinski definition) is 2. The summed E-state index contributed by atoms with van der Waals surface area (Å²) < 4.78 is 0. The van der Waals surface area contributed by atoms with Gasteiger partial charge in [0.25, 0.3) is 0 Å². The third-order valence-electron chi connectivity index (χ3n) is 2.84. The molecule has 0 radical (unpaired) electrons. The standard InChI is InChI=1S/C14H26N4/c1-6-8-14(4,5)18-12-11(3)10-16-13(17-12)15-9-7-2/h10H,6-9H2,1-5H3,(H2,15,16,17,18). The Morgan fingerprint density at radius 3 is 2.56 bits per heavy atom. The van der Waals surface area contributed by atoms with Crippen molar-refractivity contribution in [2.45, 2.75) is 59.4 Å². The van der Waals surface area contributed by atoms with Crippen molar-refractivity contribution >= 4 is 11.8 Å². The number of hydrogen-bond acceptors (Lipinski definition) is 4. The van der Waals surface area contributed by atoms with Gasteiger partial charge < -0.3 is 10.6 Å². The molecule has 102 valence electrons. The van der Waals surface area contributed by atoms with Gasteiger partial charge in [-0.25, -0.2) is 4.98 Å². The van der Waals surface area contributed by atoms with Crippen LogP contribution in [0.5, 0.6) is 0 Å². The van der Waals surface area contributed by atoms with Gasteiger partial charge in [0.2, 0.25) is 5.95 Å². The third kappa shape index (κ3) is 4.51. The Morgan fingerprint density at radius 2 is 1.94 bits per heavy atom. The van der Waals surface area contributed by atoms with Crippen molar-refractivity contribution in [3.8, 4) is 0 Å². The second-order valence-corrected chi connectivity index (χ2v) is 5.41. The highest BCUT2D eigenvalue weighted by Crippen LogP contribution is 2.21. The van der Waals surface area contributed by atoms with E-state index < -0.39 is 0 Å². The Labute approximate surface area is 111 Å². The monoisotopic (exact) mass is 250 g/mol. The smallest absolute Gasteiger partial charge is 0.224 e. The van der Waals surface area contributed by atoms with Crippen molar-refractivity contribution in [1.82, 2.24) is 9.97 Å². The highest BCUT2D eigenvalue weighted by Gasteiger charge is 2.18. The maximum absolute atomic E-state index is 4.54. The van der Waals surface area contributed by atoms with E-state index in [2.05, 4.69) is 48.3 Å². The zero-order valence-corrected chi connectivity index (χ0v) is 12.3. The molecule has 0 unspecified atom stereocenters. The lowest BCUT2D eigenvalue weighted by Crippen LogP contribution is -2.31. The van der Waals surface area contributed by atoms with Crippen LogP contribution < -0.4 is 10.6 Å². The summed E-state index contributed by atoms with van der Waals surface area (Å²) in [6.45, 7) is 11.7. The minimum Gasteiger partial charge on any atom is -0.365 e. The quantitative estimate of drug-likeness (QED) is 0.776. The van der Waals surface area contributed by atoms with Crippen LogP contribution in [0.1, 0.15) is 52.5 Å². The minimum absolute atomic E-state index is 0.0654. The third-order valence-corrected chi connectivity index (χ3v) is 2.84. The average Bonchev–Trinajstić information content (AvgIpc) is 2.29. The van der Waals surface area contributed by atoms with E-state index in [1.54, 1.807) is 0 Å². The molecule has 0 bridgehead atoms. The number of rotatable bonds is 7. The van der Waals surface area contributed by atoms with E-state index in [0.717, 1.165) is 37.2 Å². The van der Waals surface area contributed by atoms with Gasteiger partial charge in [-0.1, -0.05) is 20.3 Å². The van der Waals surface area contributed by atoms with Crippen LogP contribution in [-0.2, 0) is 0 Å². The van der Waals surface area contributed by atoms with Crippen LogP contribution in [0.3, 0.4) is 0 Å². The molecule has 0 saturated carbocycles. The van der Waals surface area contributed by atoms with Gasteiger partial charge in [0, 0.05) is 23.8 Å². The van der Waals surface area contributed by atoms with Crippen LogP contribution in [0.25, 0.3) is 0 Å². The first-order valence-corrected chi connectivity index (χ1v) is 6.84. The largest absolute Gasteiger partial charge is 0.365 e. The van der Waals surface area contributed by atoms with Crippen molar-refractivity contribution in [1.29, 1.82) is 0 Å². The molecule has 4 nitrogen and oxygen atoms in total. The normalized spacial score (nSPS) is 11.4. The molecule has 2 N–H and O–H groups in total. The summed E-state index contributed by atoms with van der Waals surface area (Å²) in [5.74, 6) is 1.64. The summed E-state index contributed by atoms with van der Waals surface area (Å²) in [5, 5.41) is 6.73. The highest BCUT2D eigenvalue weighted by molar-refractivity contribution is 5.48. The van der Waals surface area contributed by atoms with Crippen LogP contribution >= 0.6 is 0 Å². The second kappa shape index (κ2) is 6.57. The van der Waals surface area contributed by atoms with Gasteiger partial charge >= 0.3 is 0 Å². The van der Waals surface area contributed by atoms with Gasteiger partial charge in [-0.05, 0) is 33.6 Å². The van der Waals surface area contributed by atoms with Crippen molar-refractivity contribution in [3.63, 3.8) is 0 Å². The number of nitrogens with zero attached hydrogens (tertiary/aromatic N) is 2. The Balaban J connectivity index is 2.80. The first kappa shape index (κ1) is 14.7. The van der Waals surface area contributed by atoms with Crippen LogP contribution in [0.2, 0.25) is 0 Å². The maximum Gasteiger partial charge on any atom is 0.224 e. The van der Waals surface area contributed by atoms with E-state index in [4.69, 9.17) is 0 Å². The number of aromatic nitrogens is 2. The highest BCUT2D eigenvalue weighted by atomic mass is 15.2. The van der Waals surface area contributed by atoms with Gasteiger partial charge in [-0.2, -0.15) is 4.98 Å². The van der Waals surface area contributed by atoms with Gasteiger partial charge in [0.1, 0.15) is 5.82 Å². The summed E-state index contributed by atoms with van der Waals surface area (Å²) in [6, 6.07) is 0. The lowest BCUT2D eigenvalue weighted by molar-refractivity contribution is 0.508. The molecule has 4 heteroatoms. The fourth-order valence-electron chi connectivity index (χ4n) is 1.90. The van der Waals surface area contributed by atoms with E-state index in [-0.39, 0.29) is 5.54 Å². The zero-order valence-electron chi connectivity index (χ0n) is 12.3. The van der Waals surface area contributed by atoms with Crippen molar-refractivity contribution in [2.75, 3.05) is 17.2 Å². The molecule has 0 saturated heterocycles. The fraction of sp³-hybridized carbons (Fsp3) is 0.714. The van der Waals surface area contributed by atoms with Crippen molar-refractivity contribution in [2.24, 2.45) is 0 Å². The molecule has 1 aromatic rings. The van der Waals surface area contributed by atoms with Crippen LogP contribution in [0.4, 0.5) is 11.8 Å². The summed E-state index contributed by atoms with van der Waals surface area (Å²) in [5.41, 5.74) is 1.15. The Kier molecular flexibility index (Phi) is 5.38. The number of anilines is 2. The molecule has 0 fully saturated rings. The van der Waals surface area contributed by atoms with E-state index in [9.17, 15) is 0 Å². The number of nitrogens with one attached hydrogen (secondary N) is 2. The number of aryl methyl sites for hydroxylation is 1. The topological polar surface area (TPSA) is 49.8 Å². The molecule has 0 aliphatic rings. The summed E-state index contributed by atoms with van der Waals surface area (Å²) in [7, 11) is 0. The Hall–Kier alpha value is -1.32. The molecule has 1 aromatic heterocycles. The average molecular weight is 250 g/mol. The molecule has 0 amide bonds. The molecule has 1 heterocycles. The molecule has 0 aliphatic heterocycles. The SMILES string of the molecule is CCCNc1ncc(C)c(NC(C)(C)CCC)n1. The van der Waals surface area contributed by atoms with Gasteiger partial charge in [-0.15, -0.1) is 0 Å². The van der Waals surface area contributed by atoms with Crippen LogP contribution in [-0.4, -0.2) is 22.1 Å². The lowest BCUT2D eigenvalue weighted by atomic mass is 9.99. The van der Waals surface area contributed by atoms with Gasteiger partial charge in [-0.3, -0.25) is 0 Å². The van der Waals surface area contributed by atoms with Crippen molar-refractivity contribution < 1.29 is 0 Å². The molecule has 0 aliphatic carbocycles. The maximum atomic E-state index is 4.54. The van der Waals surface area contributed by atoms with E-state index in [1.807, 2.05) is 13.1 Å². The molecule has 0 spiro atoms. The van der Waals surface area contributed by atoms with Crippen LogP contribution in [0.15, 0.2) is 6.20 Å². The lowest BCUT2D eigenvalue weighted by Gasteiger charge is -2.27. The predicted molar refractivity (Wildman–Crippen MR) is 78.2 cm³/mol. The second-order valence-electron chi connectivity index (χ2n) is 5.41. The molecule has 18 heavy (non-hydrogen) atoms. The fourth-order valence-corrected chi connectivity index (χ4v) is 1.90. The Morgan fingerprint density at radius 1 is 1.22 bits per heavy atom. The molecule has 1 rings (SSSR count). The molecular formula is C14H26N4. The molecular weight excluding hydrogens is 224 g/mol. The predicted octanol–water partition coefficient (Wildman–Crippen LogP) is 3.60. The van der Waals surface area contributed by atoms with E-state index >= 15 is 0 Å². The summed E-state index contributed by atoms with van der Waals surface area (Å²) in [4.78, 5) is 8.83. The van der Waals surface area contributed by atoms with Crippen molar-refractivity contribution in [3.05, 3.63) is 11.8 Å². The zero-order chi connectivity index (χ0) is 13.6. The first-order valence-electron chi connectivity index (χ1n) is 6.84.